The highest BCUT2D eigenvalue weighted by atomic mass is 19.2. The van der Waals surface area contributed by atoms with E-state index in [9.17, 15) is 30.7 Å². The van der Waals surface area contributed by atoms with E-state index in [4.69, 9.17) is 0 Å². The van der Waals surface area contributed by atoms with Crippen LogP contribution in [0, 0.1) is 52.6 Å². The molecule has 7 heteroatoms. The zero-order chi connectivity index (χ0) is 26.0. The minimum absolute atomic E-state index is 0.0126. The summed E-state index contributed by atoms with van der Waals surface area (Å²) in [5, 5.41) is -0.166. The molecule has 0 amide bonds. The second-order valence-electron chi connectivity index (χ2n) is 8.38. The highest BCUT2D eigenvalue weighted by molar-refractivity contribution is 5.84. The Morgan fingerprint density at radius 1 is 0.639 bits per heavy atom. The first-order valence-electron chi connectivity index (χ1n) is 11.3. The molecule has 0 unspecified atom stereocenters. The molecule has 0 saturated carbocycles. The van der Waals surface area contributed by atoms with Gasteiger partial charge >= 0.3 is 0 Å². The van der Waals surface area contributed by atoms with E-state index in [2.05, 4.69) is 11.8 Å². The van der Waals surface area contributed by atoms with Gasteiger partial charge in [0.05, 0.1) is 11.1 Å². The summed E-state index contributed by atoms with van der Waals surface area (Å²) >= 11 is 0. The maximum atomic E-state index is 14.7. The third kappa shape index (κ3) is 5.08. The molecule has 4 rings (SSSR count). The summed E-state index contributed by atoms with van der Waals surface area (Å²) in [6.07, 6.45) is 3.12. The van der Waals surface area contributed by atoms with Crippen molar-refractivity contribution in [3.8, 4) is 23.0 Å². The molecule has 4 aromatic carbocycles. The van der Waals surface area contributed by atoms with Crippen LogP contribution in [0.1, 0.15) is 42.9 Å². The Hall–Kier alpha value is -3.79. The van der Waals surface area contributed by atoms with E-state index in [-0.39, 0.29) is 21.9 Å². The average Bonchev–Trinajstić information content (AvgIpc) is 2.82. The van der Waals surface area contributed by atoms with Crippen molar-refractivity contribution in [3.63, 3.8) is 0 Å². The Morgan fingerprint density at radius 2 is 1.31 bits per heavy atom. The van der Waals surface area contributed by atoms with Crippen LogP contribution < -0.4 is 0 Å². The minimum atomic E-state index is -1.61. The van der Waals surface area contributed by atoms with E-state index >= 15 is 0 Å². The Balaban J connectivity index is 1.66. The van der Waals surface area contributed by atoms with Crippen LogP contribution in [0.2, 0.25) is 0 Å². The lowest BCUT2D eigenvalue weighted by molar-refractivity contribution is 0.453. The fourth-order valence-corrected chi connectivity index (χ4v) is 3.98. The number of halogens is 7. The predicted octanol–water partition coefficient (Wildman–Crippen LogP) is 8.61. The Bertz CT molecular complexity index is 1480. The van der Waals surface area contributed by atoms with Gasteiger partial charge in [-0.2, -0.15) is 0 Å². The Labute approximate surface area is 203 Å². The molecule has 0 nitrogen and oxygen atoms in total. The molecule has 0 radical (unpaired) electrons. The lowest BCUT2D eigenvalue weighted by Gasteiger charge is -2.10. The first kappa shape index (κ1) is 25.3. The standard InChI is InChI=1S/C29H19F7/c1-2-3-4-5-17-11-24(32)27(25(33)12-17)19-14-22(30)21(23(31)15-19)9-7-16-6-8-20-18(10-16)13-26(34)29(36)28(20)35/h6,8,10-15H,2-5H2,1H3. The highest BCUT2D eigenvalue weighted by Crippen LogP contribution is 2.30. The molecule has 0 saturated heterocycles. The lowest BCUT2D eigenvalue weighted by Crippen LogP contribution is -1.98. The van der Waals surface area contributed by atoms with E-state index in [0.29, 0.717) is 12.0 Å². The number of hydrogen-bond acceptors (Lipinski definition) is 0. The molecule has 0 aromatic heterocycles. The summed E-state index contributed by atoms with van der Waals surface area (Å²) in [5.74, 6) is -3.68. The fourth-order valence-electron chi connectivity index (χ4n) is 3.98. The molecule has 0 aliphatic rings. The van der Waals surface area contributed by atoms with Crippen LogP contribution in [0.3, 0.4) is 0 Å². The third-order valence-corrected chi connectivity index (χ3v) is 5.81. The van der Waals surface area contributed by atoms with E-state index in [1.54, 1.807) is 0 Å². The van der Waals surface area contributed by atoms with Gasteiger partial charge in [0.1, 0.15) is 23.3 Å². The van der Waals surface area contributed by atoms with Crippen molar-refractivity contribution in [2.75, 3.05) is 0 Å². The Morgan fingerprint density at radius 3 is 1.94 bits per heavy atom. The number of aryl methyl sites for hydroxylation is 1. The maximum absolute atomic E-state index is 14.7. The topological polar surface area (TPSA) is 0 Å². The van der Waals surface area contributed by atoms with Crippen molar-refractivity contribution in [2.24, 2.45) is 0 Å². The first-order chi connectivity index (χ1) is 17.2. The molecular weight excluding hydrogens is 481 g/mol. The quantitative estimate of drug-likeness (QED) is 0.111. The summed E-state index contributed by atoms with van der Waals surface area (Å²) in [6, 6.07) is 8.39. The largest absolute Gasteiger partial charge is 0.206 e. The van der Waals surface area contributed by atoms with E-state index in [1.165, 1.54) is 18.2 Å². The van der Waals surface area contributed by atoms with Gasteiger partial charge in [-0.15, -0.1) is 0 Å². The number of hydrogen-bond donors (Lipinski definition) is 0. The average molecular weight is 500 g/mol. The second-order valence-corrected chi connectivity index (χ2v) is 8.38. The Kier molecular flexibility index (Phi) is 7.35. The zero-order valence-corrected chi connectivity index (χ0v) is 19.1. The van der Waals surface area contributed by atoms with Crippen LogP contribution in [0.25, 0.3) is 21.9 Å². The number of fused-ring (bicyclic) bond motifs is 1. The summed E-state index contributed by atoms with van der Waals surface area (Å²) in [6.45, 7) is 2.01. The molecule has 0 aliphatic carbocycles. The summed E-state index contributed by atoms with van der Waals surface area (Å²) in [4.78, 5) is 0. The molecular formula is C29H19F7. The van der Waals surface area contributed by atoms with Crippen molar-refractivity contribution < 1.29 is 30.7 Å². The van der Waals surface area contributed by atoms with Crippen molar-refractivity contribution in [2.45, 2.75) is 32.6 Å². The molecule has 0 spiro atoms. The molecule has 36 heavy (non-hydrogen) atoms. The van der Waals surface area contributed by atoms with Gasteiger partial charge in [0.15, 0.2) is 17.5 Å². The van der Waals surface area contributed by atoms with Crippen molar-refractivity contribution in [1.29, 1.82) is 0 Å². The SMILES string of the molecule is CCCCCc1cc(F)c(-c2cc(F)c(C#Cc3ccc4c(F)c(F)c(F)cc4c3)c(F)c2)c(F)c1. The molecule has 0 heterocycles. The van der Waals surface area contributed by atoms with Crippen LogP contribution in [0.4, 0.5) is 30.7 Å². The molecule has 184 valence electrons. The highest BCUT2D eigenvalue weighted by Gasteiger charge is 2.18. The summed E-state index contributed by atoms with van der Waals surface area (Å²) in [7, 11) is 0. The second kappa shape index (κ2) is 10.4. The number of rotatable bonds is 5. The van der Waals surface area contributed by atoms with Crippen LogP contribution in [-0.4, -0.2) is 0 Å². The van der Waals surface area contributed by atoms with Gasteiger partial charge in [0.25, 0.3) is 0 Å². The van der Waals surface area contributed by atoms with Crippen molar-refractivity contribution in [1.82, 2.24) is 0 Å². The van der Waals surface area contributed by atoms with Gasteiger partial charge in [-0.25, -0.2) is 30.7 Å². The van der Waals surface area contributed by atoms with Gasteiger partial charge in [-0.05, 0) is 71.8 Å². The van der Waals surface area contributed by atoms with Crippen LogP contribution in [-0.2, 0) is 6.42 Å². The minimum Gasteiger partial charge on any atom is -0.206 e. The lowest BCUT2D eigenvalue weighted by atomic mass is 9.98. The molecule has 0 aliphatic heterocycles. The van der Waals surface area contributed by atoms with Crippen molar-refractivity contribution >= 4 is 10.8 Å². The fraction of sp³-hybridized carbons (Fsp3) is 0.172. The van der Waals surface area contributed by atoms with Gasteiger partial charge in [0.2, 0.25) is 0 Å². The van der Waals surface area contributed by atoms with Gasteiger partial charge < -0.3 is 0 Å². The number of benzene rings is 4. The third-order valence-electron chi connectivity index (χ3n) is 5.81. The van der Waals surface area contributed by atoms with Crippen LogP contribution in [0.5, 0.6) is 0 Å². The molecule has 0 atom stereocenters. The van der Waals surface area contributed by atoms with E-state index < -0.39 is 51.8 Å². The zero-order valence-electron chi connectivity index (χ0n) is 19.1. The molecule has 4 aromatic rings. The van der Waals surface area contributed by atoms with Gasteiger partial charge in [-0.1, -0.05) is 37.7 Å². The monoisotopic (exact) mass is 500 g/mol. The molecule has 0 fully saturated rings. The normalized spacial score (nSPS) is 11.0. The summed E-state index contributed by atoms with van der Waals surface area (Å²) < 4.78 is 99.6. The summed E-state index contributed by atoms with van der Waals surface area (Å²) in [5.41, 5.74) is -0.885. The van der Waals surface area contributed by atoms with Crippen molar-refractivity contribution in [3.05, 3.63) is 106 Å². The first-order valence-corrected chi connectivity index (χ1v) is 11.3. The maximum Gasteiger partial charge on any atom is 0.195 e. The van der Waals surface area contributed by atoms with Crippen LogP contribution in [0.15, 0.2) is 48.5 Å². The molecule has 0 bridgehead atoms. The number of unbranched alkanes of at least 4 members (excludes halogenated alkanes) is 2. The van der Waals surface area contributed by atoms with Gasteiger partial charge in [-0.3, -0.25) is 0 Å². The van der Waals surface area contributed by atoms with Gasteiger partial charge in [0, 0.05) is 10.9 Å². The smallest absolute Gasteiger partial charge is 0.195 e. The van der Waals surface area contributed by atoms with E-state index in [1.807, 2.05) is 6.92 Å². The van der Waals surface area contributed by atoms with E-state index in [0.717, 1.165) is 49.6 Å². The predicted molar refractivity (Wildman–Crippen MR) is 125 cm³/mol. The van der Waals surface area contributed by atoms with Crippen LogP contribution >= 0.6 is 0 Å². The molecule has 0 N–H and O–H groups in total.